The van der Waals surface area contributed by atoms with Gasteiger partial charge in [-0.2, -0.15) is 0 Å². The number of hydrogen-bond donors (Lipinski definition) is 1. The van der Waals surface area contributed by atoms with Crippen LogP contribution in [0.3, 0.4) is 0 Å². The largest absolute Gasteiger partial charge is 0.511 e. The molecule has 0 aliphatic heterocycles. The van der Waals surface area contributed by atoms with Gasteiger partial charge in [0.2, 0.25) is 5.69 Å². The van der Waals surface area contributed by atoms with Gasteiger partial charge in [0.1, 0.15) is 0 Å². The summed E-state index contributed by atoms with van der Waals surface area (Å²) in [5, 5.41) is 0. The number of nitrogens with zero attached hydrogens (tertiary/aromatic N) is 1. The molecule has 39 heavy (non-hydrogen) atoms. The molecule has 1 heterocycles. The van der Waals surface area contributed by atoms with Crippen LogP contribution in [0.2, 0.25) is 0 Å². The lowest BCUT2D eigenvalue weighted by Gasteiger charge is -2.08. The summed E-state index contributed by atoms with van der Waals surface area (Å²) in [5.74, 6) is 0. The van der Waals surface area contributed by atoms with Crippen molar-refractivity contribution in [3.05, 3.63) is 29.6 Å². The van der Waals surface area contributed by atoms with E-state index in [1.165, 1.54) is 147 Å². The van der Waals surface area contributed by atoms with Crippen LogP contribution in [0.5, 0.6) is 0 Å². The predicted octanol–water partition coefficient (Wildman–Crippen LogP) is 10.5. The van der Waals surface area contributed by atoms with Gasteiger partial charge < -0.3 is 0 Å². The van der Waals surface area contributed by atoms with Crippen molar-refractivity contribution in [3.8, 4) is 0 Å². The van der Waals surface area contributed by atoms with Crippen LogP contribution in [-0.4, -0.2) is 13.0 Å². The van der Waals surface area contributed by atoms with Gasteiger partial charge in [-0.15, -0.1) is 8.42 Å². The maximum atomic E-state index is 12.0. The minimum absolute atomic E-state index is 0.713. The van der Waals surface area contributed by atoms with Crippen molar-refractivity contribution in [2.24, 2.45) is 0 Å². The average Bonchev–Trinajstić information content (AvgIpc) is 2.91. The zero-order valence-electron chi connectivity index (χ0n) is 25.9. The van der Waals surface area contributed by atoms with Crippen molar-refractivity contribution < 1.29 is 16.9 Å². The Morgan fingerprint density at radius 1 is 0.538 bits per heavy atom. The summed E-state index contributed by atoms with van der Waals surface area (Å²) in [4.78, 5) is 0. The van der Waals surface area contributed by atoms with Crippen molar-refractivity contribution in [3.63, 3.8) is 0 Å². The summed E-state index contributed by atoms with van der Waals surface area (Å²) < 4.78 is 34.9. The maximum absolute atomic E-state index is 12.0. The van der Waals surface area contributed by atoms with Crippen LogP contribution in [0.25, 0.3) is 0 Å². The molecule has 0 spiro atoms. The molecule has 1 rings (SSSR count). The van der Waals surface area contributed by atoms with E-state index in [-0.39, 0.29) is 0 Å². The SMILES string of the molecule is CCCCCCCCCCCCCCCCCCc1ccc[n+](S(=O)(=O)O)c1CCCCCCCCCCC. The minimum Gasteiger partial charge on any atom is -0.233 e. The first-order valence-corrected chi connectivity index (χ1v) is 18.4. The van der Waals surface area contributed by atoms with E-state index >= 15 is 0 Å². The van der Waals surface area contributed by atoms with Gasteiger partial charge in [0, 0.05) is 18.1 Å². The fourth-order valence-electron chi connectivity index (χ4n) is 5.75. The molecule has 0 saturated heterocycles. The van der Waals surface area contributed by atoms with Crippen LogP contribution in [0.1, 0.15) is 186 Å². The molecular formula is C34H64NO3S+. The first-order valence-electron chi connectivity index (χ1n) is 17.0. The van der Waals surface area contributed by atoms with E-state index in [1.807, 2.05) is 0 Å². The highest BCUT2D eigenvalue weighted by molar-refractivity contribution is 7.79. The molecule has 0 fully saturated rings. The normalized spacial score (nSPS) is 11.9. The molecule has 1 aromatic rings. The van der Waals surface area contributed by atoms with Crippen molar-refractivity contribution in [2.45, 2.75) is 187 Å². The van der Waals surface area contributed by atoms with E-state index in [9.17, 15) is 13.0 Å². The fraction of sp³-hybridized carbons (Fsp3) is 0.853. The quantitative estimate of drug-likeness (QED) is 0.0623. The van der Waals surface area contributed by atoms with Gasteiger partial charge in [-0.05, 0) is 25.3 Å². The van der Waals surface area contributed by atoms with E-state index in [2.05, 4.69) is 19.9 Å². The summed E-state index contributed by atoms with van der Waals surface area (Å²) in [6.07, 6.45) is 35.9. The zero-order chi connectivity index (χ0) is 28.4. The smallest absolute Gasteiger partial charge is 0.233 e. The third kappa shape index (κ3) is 19.7. The zero-order valence-corrected chi connectivity index (χ0v) is 26.8. The molecule has 0 bridgehead atoms. The van der Waals surface area contributed by atoms with Gasteiger partial charge in [-0.1, -0.05) is 165 Å². The second kappa shape index (κ2) is 24.8. The summed E-state index contributed by atoms with van der Waals surface area (Å²) in [5.41, 5.74) is 1.86. The number of aryl methyl sites for hydroxylation is 1. The van der Waals surface area contributed by atoms with Crippen molar-refractivity contribution in [2.75, 3.05) is 0 Å². The Labute approximate surface area is 243 Å². The molecule has 5 heteroatoms. The van der Waals surface area contributed by atoms with Gasteiger partial charge in [0.05, 0.1) is 0 Å². The molecule has 0 saturated carbocycles. The highest BCUT2D eigenvalue weighted by Crippen LogP contribution is 2.17. The monoisotopic (exact) mass is 566 g/mol. The maximum Gasteiger partial charge on any atom is 0.511 e. The molecule has 0 unspecified atom stereocenters. The van der Waals surface area contributed by atoms with E-state index < -0.39 is 10.3 Å². The predicted molar refractivity (Wildman–Crippen MR) is 168 cm³/mol. The summed E-state index contributed by atoms with van der Waals surface area (Å²) in [6.45, 7) is 4.53. The molecule has 0 radical (unpaired) electrons. The summed E-state index contributed by atoms with van der Waals surface area (Å²) in [7, 11) is -4.26. The molecule has 4 nitrogen and oxygen atoms in total. The molecule has 0 aliphatic carbocycles. The number of hydrogen-bond acceptors (Lipinski definition) is 2. The molecule has 0 aliphatic rings. The topological polar surface area (TPSA) is 58.2 Å². The van der Waals surface area contributed by atoms with Crippen LogP contribution in [0.15, 0.2) is 18.3 Å². The second-order valence-electron chi connectivity index (χ2n) is 11.9. The highest BCUT2D eigenvalue weighted by Gasteiger charge is 2.25. The van der Waals surface area contributed by atoms with E-state index in [0.717, 1.165) is 40.9 Å². The molecule has 1 aromatic heterocycles. The highest BCUT2D eigenvalue weighted by atomic mass is 32.2. The van der Waals surface area contributed by atoms with Gasteiger partial charge in [-0.25, -0.2) is 4.55 Å². The molecular weight excluding hydrogens is 502 g/mol. The Hall–Kier alpha value is -0.940. The van der Waals surface area contributed by atoms with Crippen molar-refractivity contribution in [1.82, 2.24) is 0 Å². The van der Waals surface area contributed by atoms with Gasteiger partial charge in [0.15, 0.2) is 6.20 Å². The Bertz CT molecular complexity index is 794. The average molecular weight is 567 g/mol. The van der Waals surface area contributed by atoms with Crippen LogP contribution in [-0.2, 0) is 23.1 Å². The summed E-state index contributed by atoms with van der Waals surface area (Å²) >= 11 is 0. The lowest BCUT2D eigenvalue weighted by atomic mass is 10.00. The van der Waals surface area contributed by atoms with Gasteiger partial charge >= 0.3 is 10.3 Å². The number of aromatic nitrogens is 1. The lowest BCUT2D eigenvalue weighted by molar-refractivity contribution is -0.529. The number of unbranched alkanes of at least 4 members (excludes halogenated alkanes) is 23. The van der Waals surface area contributed by atoms with Crippen molar-refractivity contribution >= 4 is 10.3 Å². The fourth-order valence-corrected chi connectivity index (χ4v) is 6.46. The molecule has 1 N–H and O–H groups in total. The third-order valence-electron chi connectivity index (χ3n) is 8.22. The molecule has 0 amide bonds. The third-order valence-corrected chi connectivity index (χ3v) is 9.06. The van der Waals surface area contributed by atoms with Gasteiger partial charge in [-0.3, -0.25) is 0 Å². The Kier molecular flexibility index (Phi) is 23.0. The van der Waals surface area contributed by atoms with E-state index in [4.69, 9.17) is 0 Å². The van der Waals surface area contributed by atoms with E-state index in [1.54, 1.807) is 6.07 Å². The number of rotatable bonds is 28. The Balaban J connectivity index is 2.21. The van der Waals surface area contributed by atoms with Crippen LogP contribution >= 0.6 is 0 Å². The van der Waals surface area contributed by atoms with Gasteiger partial charge in [0.25, 0.3) is 0 Å². The molecule has 228 valence electrons. The van der Waals surface area contributed by atoms with Crippen LogP contribution in [0.4, 0.5) is 0 Å². The molecule has 0 aromatic carbocycles. The van der Waals surface area contributed by atoms with Crippen molar-refractivity contribution in [1.29, 1.82) is 0 Å². The Morgan fingerprint density at radius 3 is 1.23 bits per heavy atom. The minimum atomic E-state index is -4.26. The summed E-state index contributed by atoms with van der Waals surface area (Å²) in [6, 6.07) is 3.81. The standard InChI is InChI=1S/C34H63NO3S/c1-3-5-7-9-11-13-14-15-16-17-18-19-21-22-24-26-29-33-30-28-32-35(39(36,37)38)34(33)31-27-25-23-20-12-10-8-6-4-2/h28,30,32H,3-27,29,31H2,1-2H3/p+1. The lowest BCUT2D eigenvalue weighted by Crippen LogP contribution is -2.46. The second-order valence-corrected chi connectivity index (χ2v) is 13.2. The Morgan fingerprint density at radius 2 is 0.872 bits per heavy atom. The molecule has 0 atom stereocenters. The van der Waals surface area contributed by atoms with Crippen LogP contribution < -0.4 is 3.97 Å². The first kappa shape index (κ1) is 36.1. The first-order chi connectivity index (χ1) is 19.0. The number of pyridine rings is 1. The van der Waals surface area contributed by atoms with Crippen LogP contribution in [0, 0.1) is 0 Å². The van der Waals surface area contributed by atoms with E-state index in [0.29, 0.717) is 6.42 Å².